The minimum Gasteiger partial charge on any atom is -0.494 e. The number of piperidine rings is 1. The summed E-state index contributed by atoms with van der Waals surface area (Å²) in [5.41, 5.74) is 0.269. The average molecular weight is 397 g/mol. The predicted molar refractivity (Wildman–Crippen MR) is 113 cm³/mol. The molecule has 3 aromatic rings. The Kier molecular flexibility index (Phi) is 5.42. The molecule has 1 aromatic carbocycles. The fourth-order valence-corrected chi connectivity index (χ4v) is 3.91. The zero-order valence-corrected chi connectivity index (χ0v) is 17.0. The van der Waals surface area contributed by atoms with E-state index in [0.717, 1.165) is 48.6 Å². The maximum absolute atomic E-state index is 12.9. The molecule has 0 aliphatic carbocycles. The number of imidazole rings is 1. The topological polar surface area (TPSA) is 74.3 Å². The fourth-order valence-electron chi connectivity index (χ4n) is 3.91. The van der Waals surface area contributed by atoms with Gasteiger partial charge in [0.1, 0.15) is 5.75 Å². The number of ether oxygens (including phenoxy) is 1. The number of hydrogen-bond donors (Lipinski definition) is 0. The molecule has 0 unspecified atom stereocenters. The minimum absolute atomic E-state index is 0.303. The van der Waals surface area contributed by atoms with Crippen LogP contribution in [-0.4, -0.2) is 38.4 Å². The summed E-state index contributed by atoms with van der Waals surface area (Å²) in [6, 6.07) is 9.69. The highest BCUT2D eigenvalue weighted by atomic mass is 16.5. The number of para-hydroxylation sites is 1. The Labute approximate surface area is 169 Å². The molecule has 0 bridgehead atoms. The number of benzene rings is 1. The van der Waals surface area contributed by atoms with Gasteiger partial charge in [0.2, 0.25) is 5.95 Å². The number of aromatic nitrogens is 4. The molecule has 154 valence electrons. The second-order valence-corrected chi connectivity index (χ2v) is 7.50. The third-order valence-corrected chi connectivity index (χ3v) is 5.50. The Hall–Kier alpha value is -3.03. The lowest BCUT2D eigenvalue weighted by molar-refractivity contribution is 0.302. The van der Waals surface area contributed by atoms with Crippen molar-refractivity contribution < 1.29 is 4.74 Å². The average Bonchev–Trinajstić information content (AvgIpc) is 3.15. The van der Waals surface area contributed by atoms with E-state index in [9.17, 15) is 9.59 Å². The van der Waals surface area contributed by atoms with Gasteiger partial charge in [-0.2, -0.15) is 4.98 Å². The van der Waals surface area contributed by atoms with Gasteiger partial charge in [-0.25, -0.2) is 4.79 Å². The molecule has 2 aromatic heterocycles. The van der Waals surface area contributed by atoms with E-state index in [4.69, 9.17) is 9.72 Å². The molecule has 0 amide bonds. The van der Waals surface area contributed by atoms with Crippen LogP contribution >= 0.6 is 0 Å². The van der Waals surface area contributed by atoms with Gasteiger partial charge in [0, 0.05) is 33.7 Å². The lowest BCUT2D eigenvalue weighted by atomic mass is 10.1. The van der Waals surface area contributed by atoms with Crippen LogP contribution in [0.2, 0.25) is 0 Å². The number of rotatable bonds is 6. The van der Waals surface area contributed by atoms with E-state index in [-0.39, 0.29) is 11.2 Å². The first-order chi connectivity index (χ1) is 14.1. The summed E-state index contributed by atoms with van der Waals surface area (Å²) < 4.78 is 10.4. The minimum atomic E-state index is -0.357. The molecule has 4 rings (SSSR count). The van der Waals surface area contributed by atoms with Crippen LogP contribution in [0.1, 0.15) is 25.7 Å². The summed E-state index contributed by atoms with van der Waals surface area (Å²) in [6.45, 7) is 2.97. The van der Waals surface area contributed by atoms with Gasteiger partial charge in [-0.1, -0.05) is 18.2 Å². The van der Waals surface area contributed by atoms with Crippen molar-refractivity contribution >= 4 is 17.1 Å². The normalized spacial score (nSPS) is 14.5. The van der Waals surface area contributed by atoms with Crippen LogP contribution in [0.3, 0.4) is 0 Å². The van der Waals surface area contributed by atoms with Crippen molar-refractivity contribution in [1.82, 2.24) is 18.7 Å². The van der Waals surface area contributed by atoms with E-state index >= 15 is 0 Å². The standard InChI is InChI=1S/C21H27N5O3/c1-23-18-17(19(27)24(2)21(23)28)26(20(22-18)25-12-7-4-8-13-25)14-9-15-29-16-10-5-3-6-11-16/h3,5-6,10-11H,4,7-9,12-15H2,1-2H3. The summed E-state index contributed by atoms with van der Waals surface area (Å²) in [6.07, 6.45) is 4.16. The van der Waals surface area contributed by atoms with Crippen LogP contribution in [0.15, 0.2) is 39.9 Å². The highest BCUT2D eigenvalue weighted by molar-refractivity contribution is 5.74. The SMILES string of the molecule is Cn1c(=O)c2c(nc(N3CCCCC3)n2CCCOc2ccccc2)n(C)c1=O. The van der Waals surface area contributed by atoms with Crippen LogP contribution in [0.5, 0.6) is 5.75 Å². The van der Waals surface area contributed by atoms with Crippen LogP contribution in [0.4, 0.5) is 5.95 Å². The zero-order valence-electron chi connectivity index (χ0n) is 17.0. The zero-order chi connectivity index (χ0) is 20.4. The fraction of sp³-hybridized carbons (Fsp3) is 0.476. The monoisotopic (exact) mass is 397 g/mol. The number of hydrogen-bond acceptors (Lipinski definition) is 5. The summed E-state index contributed by atoms with van der Waals surface area (Å²) in [7, 11) is 3.18. The van der Waals surface area contributed by atoms with Crippen molar-refractivity contribution in [2.75, 3.05) is 24.6 Å². The second-order valence-electron chi connectivity index (χ2n) is 7.50. The second kappa shape index (κ2) is 8.14. The molecule has 1 saturated heterocycles. The third-order valence-electron chi connectivity index (χ3n) is 5.50. The van der Waals surface area contributed by atoms with Gasteiger partial charge < -0.3 is 14.2 Å². The van der Waals surface area contributed by atoms with Crippen LogP contribution in [-0.2, 0) is 20.6 Å². The lowest BCUT2D eigenvalue weighted by Crippen LogP contribution is -2.37. The number of anilines is 1. The van der Waals surface area contributed by atoms with Crippen molar-refractivity contribution in [1.29, 1.82) is 0 Å². The van der Waals surface area contributed by atoms with Crippen molar-refractivity contribution in [2.45, 2.75) is 32.2 Å². The van der Waals surface area contributed by atoms with E-state index in [1.165, 1.54) is 18.0 Å². The van der Waals surface area contributed by atoms with Crippen molar-refractivity contribution in [3.05, 3.63) is 51.2 Å². The number of nitrogens with zero attached hydrogens (tertiary/aromatic N) is 5. The van der Waals surface area contributed by atoms with E-state index in [2.05, 4.69) is 4.90 Å². The van der Waals surface area contributed by atoms with Gasteiger partial charge in [0.15, 0.2) is 11.2 Å². The first-order valence-corrected chi connectivity index (χ1v) is 10.2. The molecule has 1 aliphatic rings. The van der Waals surface area contributed by atoms with E-state index < -0.39 is 0 Å². The molecular formula is C21H27N5O3. The number of aryl methyl sites for hydroxylation is 2. The molecular weight excluding hydrogens is 370 g/mol. The molecule has 0 saturated carbocycles. The van der Waals surface area contributed by atoms with E-state index in [1.54, 1.807) is 7.05 Å². The van der Waals surface area contributed by atoms with Gasteiger partial charge in [0.05, 0.1) is 6.61 Å². The van der Waals surface area contributed by atoms with Gasteiger partial charge in [-0.3, -0.25) is 13.9 Å². The maximum atomic E-state index is 12.9. The first-order valence-electron chi connectivity index (χ1n) is 10.2. The van der Waals surface area contributed by atoms with Crippen molar-refractivity contribution in [3.8, 4) is 5.75 Å². The molecule has 1 fully saturated rings. The summed E-state index contributed by atoms with van der Waals surface area (Å²) in [4.78, 5) is 32.2. The van der Waals surface area contributed by atoms with Gasteiger partial charge >= 0.3 is 5.69 Å². The molecule has 8 heteroatoms. The van der Waals surface area contributed by atoms with Gasteiger partial charge in [0.25, 0.3) is 5.56 Å². The molecule has 3 heterocycles. The highest BCUT2D eigenvalue weighted by Gasteiger charge is 2.23. The quantitative estimate of drug-likeness (QED) is 0.594. The van der Waals surface area contributed by atoms with Gasteiger partial charge in [-0.05, 0) is 37.8 Å². The smallest absolute Gasteiger partial charge is 0.332 e. The molecule has 0 atom stereocenters. The molecule has 0 N–H and O–H groups in total. The van der Waals surface area contributed by atoms with Crippen LogP contribution in [0, 0.1) is 0 Å². The molecule has 8 nitrogen and oxygen atoms in total. The summed E-state index contributed by atoms with van der Waals surface area (Å²) in [5.74, 6) is 1.61. The Morgan fingerprint density at radius 3 is 2.45 bits per heavy atom. The Morgan fingerprint density at radius 2 is 1.72 bits per heavy atom. The molecule has 0 spiro atoms. The van der Waals surface area contributed by atoms with Crippen LogP contribution < -0.4 is 20.9 Å². The predicted octanol–water partition coefficient (Wildman–Crippen LogP) is 1.89. The Balaban J connectivity index is 1.67. The number of fused-ring (bicyclic) bond motifs is 1. The Morgan fingerprint density at radius 1 is 1.00 bits per heavy atom. The largest absolute Gasteiger partial charge is 0.494 e. The summed E-state index contributed by atoms with van der Waals surface area (Å²) in [5, 5.41) is 0. The van der Waals surface area contributed by atoms with Gasteiger partial charge in [-0.15, -0.1) is 0 Å². The van der Waals surface area contributed by atoms with Crippen LogP contribution in [0.25, 0.3) is 11.2 Å². The molecule has 0 radical (unpaired) electrons. The first kappa shape index (κ1) is 19.3. The van der Waals surface area contributed by atoms with E-state index in [0.29, 0.717) is 24.3 Å². The molecule has 1 aliphatic heterocycles. The van der Waals surface area contributed by atoms with Crippen molar-refractivity contribution in [2.24, 2.45) is 14.1 Å². The maximum Gasteiger partial charge on any atom is 0.332 e. The third kappa shape index (κ3) is 3.66. The highest BCUT2D eigenvalue weighted by Crippen LogP contribution is 2.23. The Bertz CT molecular complexity index is 1110. The summed E-state index contributed by atoms with van der Waals surface area (Å²) >= 11 is 0. The van der Waals surface area contributed by atoms with Crippen molar-refractivity contribution in [3.63, 3.8) is 0 Å². The molecule has 29 heavy (non-hydrogen) atoms. The lowest BCUT2D eigenvalue weighted by Gasteiger charge is -2.28. The van der Waals surface area contributed by atoms with E-state index in [1.807, 2.05) is 34.9 Å².